The molecule has 0 aromatic carbocycles. The van der Waals surface area contributed by atoms with Gasteiger partial charge in [0.25, 0.3) is 0 Å². The van der Waals surface area contributed by atoms with Gasteiger partial charge in [0.05, 0.1) is 12.0 Å². The standard InChI is InChI=1S/C9H10O6/c1-3(10)14-15-8(12)9-4-2-13-7(11)6(9)5(4)9/h4-7,11H,2H2,1H3/t4-,5+,6+,7-,9?/m0/s1. The predicted molar refractivity (Wildman–Crippen MR) is 42.7 cm³/mol. The Labute approximate surface area is 85.0 Å². The summed E-state index contributed by atoms with van der Waals surface area (Å²) in [6.45, 7) is 1.53. The van der Waals surface area contributed by atoms with Crippen molar-refractivity contribution in [1.82, 2.24) is 0 Å². The monoisotopic (exact) mass is 214 g/mol. The Morgan fingerprint density at radius 1 is 1.40 bits per heavy atom. The van der Waals surface area contributed by atoms with Crippen LogP contribution >= 0.6 is 0 Å². The average molecular weight is 214 g/mol. The molecule has 3 fully saturated rings. The van der Waals surface area contributed by atoms with Crippen molar-refractivity contribution < 1.29 is 29.2 Å². The van der Waals surface area contributed by atoms with Gasteiger partial charge in [-0.3, -0.25) is 0 Å². The maximum atomic E-state index is 11.6. The number of ether oxygens (including phenoxy) is 1. The van der Waals surface area contributed by atoms with E-state index in [0.717, 1.165) is 6.92 Å². The van der Waals surface area contributed by atoms with Crippen LogP contribution < -0.4 is 0 Å². The van der Waals surface area contributed by atoms with Crippen LogP contribution in [-0.4, -0.2) is 29.9 Å². The lowest BCUT2D eigenvalue weighted by Crippen LogP contribution is -2.38. The van der Waals surface area contributed by atoms with Crippen LogP contribution in [0.4, 0.5) is 0 Å². The second-order valence-electron chi connectivity index (χ2n) is 4.26. The molecule has 5 atom stereocenters. The number of carbonyl (C=O) groups excluding carboxylic acids is 2. The second-order valence-corrected chi connectivity index (χ2v) is 4.26. The third-order valence-corrected chi connectivity index (χ3v) is 3.66. The van der Waals surface area contributed by atoms with Crippen molar-refractivity contribution in [2.75, 3.05) is 6.61 Å². The highest BCUT2D eigenvalue weighted by Crippen LogP contribution is 2.87. The average Bonchev–Trinajstić information content (AvgIpc) is 3.02. The molecule has 0 spiro atoms. The molecule has 2 saturated carbocycles. The van der Waals surface area contributed by atoms with Gasteiger partial charge < -0.3 is 9.84 Å². The maximum absolute atomic E-state index is 11.6. The number of carbonyl (C=O) groups is 2. The van der Waals surface area contributed by atoms with Crippen LogP contribution in [0.3, 0.4) is 0 Å². The van der Waals surface area contributed by atoms with E-state index in [2.05, 4.69) is 9.78 Å². The molecule has 0 aromatic rings. The van der Waals surface area contributed by atoms with E-state index < -0.39 is 23.6 Å². The van der Waals surface area contributed by atoms with Crippen molar-refractivity contribution in [2.24, 2.45) is 23.2 Å². The highest BCUT2D eigenvalue weighted by Gasteiger charge is 2.95. The molecule has 1 N–H and O–H groups in total. The highest BCUT2D eigenvalue weighted by molar-refractivity contribution is 5.88. The van der Waals surface area contributed by atoms with Crippen molar-refractivity contribution in [2.45, 2.75) is 13.2 Å². The van der Waals surface area contributed by atoms with E-state index in [4.69, 9.17) is 4.74 Å². The molecule has 3 rings (SSSR count). The summed E-state index contributed by atoms with van der Waals surface area (Å²) in [5.41, 5.74) is -0.618. The molecule has 3 aliphatic rings. The van der Waals surface area contributed by atoms with Gasteiger partial charge in [0.2, 0.25) is 0 Å². The molecule has 6 nitrogen and oxygen atoms in total. The van der Waals surface area contributed by atoms with Crippen molar-refractivity contribution in [3.63, 3.8) is 0 Å². The van der Waals surface area contributed by atoms with Gasteiger partial charge in [-0.1, -0.05) is 0 Å². The first-order valence-electron chi connectivity index (χ1n) is 4.79. The summed E-state index contributed by atoms with van der Waals surface area (Å²) in [5.74, 6) is -1.10. The van der Waals surface area contributed by atoms with Crippen LogP contribution in [0.15, 0.2) is 0 Å². The summed E-state index contributed by atoms with van der Waals surface area (Å²) < 4.78 is 5.00. The molecule has 0 bridgehead atoms. The summed E-state index contributed by atoms with van der Waals surface area (Å²) in [5, 5.41) is 9.39. The number of fused-ring (bicyclic) bond motifs is 2. The van der Waals surface area contributed by atoms with Crippen LogP contribution in [0.25, 0.3) is 0 Å². The minimum Gasteiger partial charge on any atom is -0.368 e. The largest absolute Gasteiger partial charge is 0.368 e. The minimum atomic E-state index is -0.884. The number of aliphatic hydroxyl groups excluding tert-OH is 1. The molecule has 1 aliphatic heterocycles. The topological polar surface area (TPSA) is 82.1 Å². The van der Waals surface area contributed by atoms with E-state index >= 15 is 0 Å². The normalized spacial score (nSPS) is 48.9. The summed E-state index contributed by atoms with van der Waals surface area (Å²) in [4.78, 5) is 30.6. The summed E-state index contributed by atoms with van der Waals surface area (Å²) in [6, 6.07) is 0. The second kappa shape index (κ2) is 2.51. The molecule has 82 valence electrons. The molecule has 0 amide bonds. The Kier molecular flexibility index (Phi) is 1.52. The first-order valence-corrected chi connectivity index (χ1v) is 4.79. The number of rotatable bonds is 1. The first-order chi connectivity index (χ1) is 7.10. The van der Waals surface area contributed by atoms with E-state index in [0.29, 0.717) is 6.61 Å². The van der Waals surface area contributed by atoms with Gasteiger partial charge in [-0.05, 0) is 5.92 Å². The molecular weight excluding hydrogens is 204 g/mol. The van der Waals surface area contributed by atoms with Gasteiger partial charge in [0.15, 0.2) is 6.29 Å². The Hall–Kier alpha value is -1.14. The minimum absolute atomic E-state index is 0.133. The Bertz CT molecular complexity index is 353. The maximum Gasteiger partial charge on any atom is 0.362 e. The quantitative estimate of drug-likeness (QED) is 0.455. The van der Waals surface area contributed by atoms with Gasteiger partial charge in [0, 0.05) is 18.8 Å². The fourth-order valence-corrected chi connectivity index (χ4v) is 2.91. The zero-order chi connectivity index (χ0) is 10.8. The lowest BCUT2D eigenvalue weighted by molar-refractivity contribution is -0.265. The van der Waals surface area contributed by atoms with Gasteiger partial charge in [-0.25, -0.2) is 19.4 Å². The molecular formula is C9H10O6. The zero-order valence-electron chi connectivity index (χ0n) is 8.00. The number of hydrogen-bond donors (Lipinski definition) is 1. The lowest BCUT2D eigenvalue weighted by atomic mass is 9.93. The molecule has 1 saturated heterocycles. The van der Waals surface area contributed by atoms with E-state index in [1.165, 1.54) is 0 Å². The smallest absolute Gasteiger partial charge is 0.362 e. The Balaban J connectivity index is 1.65. The molecule has 0 radical (unpaired) electrons. The van der Waals surface area contributed by atoms with Crippen molar-refractivity contribution in [1.29, 1.82) is 0 Å². The number of aliphatic hydroxyl groups is 1. The van der Waals surface area contributed by atoms with Crippen molar-refractivity contribution in [3.05, 3.63) is 0 Å². The SMILES string of the molecule is CC(=O)OOC(=O)C12[C@@H]3[C@H]1[C@@H]2CO[C@@H]3O. The van der Waals surface area contributed by atoms with E-state index in [1.54, 1.807) is 0 Å². The fourth-order valence-electron chi connectivity index (χ4n) is 2.91. The van der Waals surface area contributed by atoms with Gasteiger partial charge in [-0.2, -0.15) is 0 Å². The molecule has 1 heterocycles. The summed E-state index contributed by atoms with van der Waals surface area (Å²) >= 11 is 0. The Morgan fingerprint density at radius 2 is 2.13 bits per heavy atom. The van der Waals surface area contributed by atoms with E-state index in [9.17, 15) is 14.7 Å². The van der Waals surface area contributed by atoms with Crippen molar-refractivity contribution >= 4 is 11.9 Å². The molecule has 1 unspecified atom stereocenters. The summed E-state index contributed by atoms with van der Waals surface area (Å²) in [6.07, 6.45) is -0.884. The molecule has 6 heteroatoms. The van der Waals surface area contributed by atoms with Crippen LogP contribution in [-0.2, 0) is 24.1 Å². The fraction of sp³-hybridized carbons (Fsp3) is 0.778. The van der Waals surface area contributed by atoms with Gasteiger partial charge in [0.1, 0.15) is 0 Å². The first kappa shape index (κ1) is 9.11. The van der Waals surface area contributed by atoms with Crippen LogP contribution in [0, 0.1) is 23.2 Å². The van der Waals surface area contributed by atoms with Crippen LogP contribution in [0.1, 0.15) is 6.92 Å². The van der Waals surface area contributed by atoms with Crippen LogP contribution in [0.5, 0.6) is 0 Å². The van der Waals surface area contributed by atoms with Crippen molar-refractivity contribution in [3.8, 4) is 0 Å². The van der Waals surface area contributed by atoms with E-state index in [-0.39, 0.29) is 17.8 Å². The zero-order valence-corrected chi connectivity index (χ0v) is 8.00. The van der Waals surface area contributed by atoms with Crippen LogP contribution in [0.2, 0.25) is 0 Å². The number of hydrogen-bond acceptors (Lipinski definition) is 6. The third-order valence-electron chi connectivity index (χ3n) is 3.66. The highest BCUT2D eigenvalue weighted by atomic mass is 17.2. The van der Waals surface area contributed by atoms with Gasteiger partial charge in [-0.15, -0.1) is 0 Å². The molecule has 2 aliphatic carbocycles. The summed E-state index contributed by atoms with van der Waals surface area (Å²) in [7, 11) is 0. The molecule has 15 heavy (non-hydrogen) atoms. The third kappa shape index (κ3) is 0.908. The molecule has 0 aromatic heterocycles. The predicted octanol–water partition coefficient (Wildman–Crippen LogP) is -0.782. The Morgan fingerprint density at radius 3 is 2.67 bits per heavy atom. The lowest BCUT2D eigenvalue weighted by Gasteiger charge is -2.28. The van der Waals surface area contributed by atoms with E-state index in [1.807, 2.05) is 0 Å². The van der Waals surface area contributed by atoms with Gasteiger partial charge >= 0.3 is 11.9 Å².